The van der Waals surface area contributed by atoms with Crippen LogP contribution in [0.1, 0.15) is 33.6 Å². The quantitative estimate of drug-likeness (QED) is 0.572. The molecule has 0 unspecified atom stereocenters. The highest BCUT2D eigenvalue weighted by Crippen LogP contribution is 2.41. The molecule has 1 saturated carbocycles. The van der Waals surface area contributed by atoms with E-state index in [9.17, 15) is 0 Å². The van der Waals surface area contributed by atoms with Gasteiger partial charge in [-0.05, 0) is 30.6 Å². The first-order valence-corrected chi connectivity index (χ1v) is 4.96. The van der Waals surface area contributed by atoms with Gasteiger partial charge in [0, 0.05) is 12.1 Å². The summed E-state index contributed by atoms with van der Waals surface area (Å²) in [6, 6.07) is 1.77. The lowest BCUT2D eigenvalue weighted by Crippen LogP contribution is -2.25. The van der Waals surface area contributed by atoms with Crippen molar-refractivity contribution in [2.75, 3.05) is 0 Å². The Morgan fingerprint density at radius 2 is 1.91 bits per heavy atom. The van der Waals surface area contributed by atoms with Crippen molar-refractivity contribution in [1.82, 2.24) is 5.32 Å². The van der Waals surface area contributed by atoms with Crippen molar-refractivity contribution in [2.45, 2.75) is 45.7 Å². The normalized spacial score (nSPS) is 49.1. The summed E-state index contributed by atoms with van der Waals surface area (Å²) in [5.74, 6) is 2.79. The highest BCUT2D eigenvalue weighted by atomic mass is 15.2. The Labute approximate surface area is 69.6 Å². The van der Waals surface area contributed by atoms with E-state index >= 15 is 0 Å². The first-order chi connectivity index (χ1) is 5.20. The minimum atomic E-state index is 0.880. The summed E-state index contributed by atoms with van der Waals surface area (Å²) in [5.41, 5.74) is 0. The molecule has 1 nitrogen and oxygen atoms in total. The van der Waals surface area contributed by atoms with Crippen LogP contribution in [0.2, 0.25) is 0 Å². The fourth-order valence-corrected chi connectivity index (χ4v) is 2.64. The van der Waals surface area contributed by atoms with Crippen LogP contribution in [-0.4, -0.2) is 12.1 Å². The van der Waals surface area contributed by atoms with Gasteiger partial charge in [0.2, 0.25) is 0 Å². The van der Waals surface area contributed by atoms with Gasteiger partial charge in [0.05, 0.1) is 0 Å². The van der Waals surface area contributed by atoms with E-state index in [1.54, 1.807) is 0 Å². The molecule has 1 aliphatic heterocycles. The third kappa shape index (κ3) is 1.20. The molecule has 2 rings (SSSR count). The molecule has 11 heavy (non-hydrogen) atoms. The van der Waals surface area contributed by atoms with E-state index in [-0.39, 0.29) is 0 Å². The summed E-state index contributed by atoms with van der Waals surface area (Å²) in [7, 11) is 0. The lowest BCUT2D eigenvalue weighted by molar-refractivity contribution is 0.276. The average molecular weight is 153 g/mol. The molecule has 1 aliphatic carbocycles. The second-order valence-electron chi connectivity index (χ2n) is 4.68. The van der Waals surface area contributed by atoms with Crippen molar-refractivity contribution in [3.8, 4) is 0 Å². The number of hydrogen-bond donors (Lipinski definition) is 1. The van der Waals surface area contributed by atoms with Crippen LogP contribution in [0.15, 0.2) is 0 Å². The van der Waals surface area contributed by atoms with Gasteiger partial charge in [-0.2, -0.15) is 0 Å². The van der Waals surface area contributed by atoms with E-state index in [2.05, 4.69) is 26.1 Å². The smallest absolute Gasteiger partial charge is 0.0257 e. The second kappa shape index (κ2) is 2.48. The van der Waals surface area contributed by atoms with E-state index in [1.165, 1.54) is 12.8 Å². The minimum Gasteiger partial charge on any atom is -0.308 e. The van der Waals surface area contributed by atoms with Gasteiger partial charge in [0.1, 0.15) is 0 Å². The first-order valence-electron chi connectivity index (χ1n) is 4.96. The Hall–Kier alpha value is -0.0400. The SMILES string of the molecule is CC(C)[C@@H]1CC[C@H](C)[C@@H]2N[C@@H]21. The van der Waals surface area contributed by atoms with Gasteiger partial charge < -0.3 is 5.32 Å². The molecule has 64 valence electrons. The predicted octanol–water partition coefficient (Wildman–Crippen LogP) is 2.03. The summed E-state index contributed by atoms with van der Waals surface area (Å²) in [6.45, 7) is 7.10. The van der Waals surface area contributed by atoms with Crippen molar-refractivity contribution in [3.63, 3.8) is 0 Å². The molecule has 1 heteroatoms. The maximum Gasteiger partial charge on any atom is 0.0257 e. The Morgan fingerprint density at radius 1 is 1.18 bits per heavy atom. The molecule has 0 radical (unpaired) electrons. The fraction of sp³-hybridized carbons (Fsp3) is 1.00. The van der Waals surface area contributed by atoms with E-state index in [0.717, 1.165) is 29.8 Å². The molecule has 0 bridgehead atoms. The monoisotopic (exact) mass is 153 g/mol. The van der Waals surface area contributed by atoms with Crippen molar-refractivity contribution < 1.29 is 0 Å². The Bertz CT molecular complexity index is 153. The highest BCUT2D eigenvalue weighted by molar-refractivity contribution is 5.08. The topological polar surface area (TPSA) is 21.9 Å². The standard InChI is InChI=1S/C10H19N/c1-6(2)8-5-4-7(3)9-10(8)11-9/h6-11H,4-5H2,1-3H3/t7-,8-,9-,10+/m0/s1. The van der Waals surface area contributed by atoms with E-state index in [0.29, 0.717) is 0 Å². The van der Waals surface area contributed by atoms with Crippen LogP contribution in [-0.2, 0) is 0 Å². The van der Waals surface area contributed by atoms with Gasteiger partial charge in [-0.1, -0.05) is 20.8 Å². The third-order valence-corrected chi connectivity index (χ3v) is 3.55. The van der Waals surface area contributed by atoms with Crippen LogP contribution in [0, 0.1) is 17.8 Å². The zero-order valence-corrected chi connectivity index (χ0v) is 7.80. The molecule has 0 aromatic rings. The number of rotatable bonds is 1. The number of fused-ring (bicyclic) bond motifs is 1. The van der Waals surface area contributed by atoms with E-state index in [4.69, 9.17) is 0 Å². The Kier molecular flexibility index (Phi) is 1.71. The molecule has 0 aromatic heterocycles. The van der Waals surface area contributed by atoms with Crippen molar-refractivity contribution in [1.29, 1.82) is 0 Å². The van der Waals surface area contributed by atoms with Crippen molar-refractivity contribution in [2.24, 2.45) is 17.8 Å². The molecular weight excluding hydrogens is 134 g/mol. The maximum absolute atomic E-state index is 3.61. The molecule has 0 aromatic carbocycles. The van der Waals surface area contributed by atoms with Gasteiger partial charge in [-0.3, -0.25) is 0 Å². The van der Waals surface area contributed by atoms with Gasteiger partial charge in [-0.25, -0.2) is 0 Å². The molecule has 2 fully saturated rings. The third-order valence-electron chi connectivity index (χ3n) is 3.55. The average Bonchev–Trinajstić information content (AvgIpc) is 2.66. The maximum atomic E-state index is 3.61. The predicted molar refractivity (Wildman–Crippen MR) is 47.4 cm³/mol. The van der Waals surface area contributed by atoms with Crippen LogP contribution < -0.4 is 5.32 Å². The van der Waals surface area contributed by atoms with Crippen LogP contribution in [0.3, 0.4) is 0 Å². The van der Waals surface area contributed by atoms with Gasteiger partial charge in [0.25, 0.3) is 0 Å². The Morgan fingerprint density at radius 3 is 2.55 bits per heavy atom. The fourth-order valence-electron chi connectivity index (χ4n) is 2.64. The minimum absolute atomic E-state index is 0.880. The highest BCUT2D eigenvalue weighted by Gasteiger charge is 2.48. The molecule has 1 N–H and O–H groups in total. The van der Waals surface area contributed by atoms with E-state index in [1.807, 2.05) is 0 Å². The zero-order valence-electron chi connectivity index (χ0n) is 7.80. The summed E-state index contributed by atoms with van der Waals surface area (Å²) in [6.07, 6.45) is 2.89. The molecule has 1 saturated heterocycles. The summed E-state index contributed by atoms with van der Waals surface area (Å²) in [4.78, 5) is 0. The molecule has 4 atom stereocenters. The Balaban J connectivity index is 1.97. The van der Waals surface area contributed by atoms with Crippen molar-refractivity contribution in [3.05, 3.63) is 0 Å². The number of hydrogen-bond acceptors (Lipinski definition) is 1. The largest absolute Gasteiger partial charge is 0.308 e. The lowest BCUT2D eigenvalue weighted by Gasteiger charge is -2.26. The molecular formula is C10H19N. The van der Waals surface area contributed by atoms with E-state index < -0.39 is 0 Å². The zero-order chi connectivity index (χ0) is 8.01. The molecule has 0 amide bonds. The summed E-state index contributed by atoms with van der Waals surface area (Å²) >= 11 is 0. The van der Waals surface area contributed by atoms with Crippen LogP contribution in [0.5, 0.6) is 0 Å². The van der Waals surface area contributed by atoms with Gasteiger partial charge in [0.15, 0.2) is 0 Å². The molecule has 0 spiro atoms. The lowest BCUT2D eigenvalue weighted by atomic mass is 9.78. The van der Waals surface area contributed by atoms with Gasteiger partial charge >= 0.3 is 0 Å². The van der Waals surface area contributed by atoms with Crippen molar-refractivity contribution >= 4 is 0 Å². The first kappa shape index (κ1) is 7.60. The van der Waals surface area contributed by atoms with Crippen LogP contribution in [0.4, 0.5) is 0 Å². The number of nitrogens with one attached hydrogen (secondary N) is 1. The van der Waals surface area contributed by atoms with Crippen LogP contribution in [0.25, 0.3) is 0 Å². The molecule has 2 aliphatic rings. The molecule has 1 heterocycles. The summed E-state index contributed by atoms with van der Waals surface area (Å²) in [5, 5.41) is 3.61. The second-order valence-corrected chi connectivity index (χ2v) is 4.68. The van der Waals surface area contributed by atoms with Gasteiger partial charge in [-0.15, -0.1) is 0 Å². The van der Waals surface area contributed by atoms with Crippen LogP contribution >= 0.6 is 0 Å². The summed E-state index contributed by atoms with van der Waals surface area (Å²) < 4.78 is 0.